The summed E-state index contributed by atoms with van der Waals surface area (Å²) in [5.41, 5.74) is 2.88. The zero-order valence-electron chi connectivity index (χ0n) is 14.5. The van der Waals surface area contributed by atoms with Gasteiger partial charge in [0.2, 0.25) is 5.91 Å². The Morgan fingerprint density at radius 3 is 2.46 bits per heavy atom. The number of carbonyl (C=O) groups excluding carboxylic acids is 1. The number of carbonyl (C=O) groups is 2. The van der Waals surface area contributed by atoms with Crippen molar-refractivity contribution in [2.24, 2.45) is 4.99 Å². The maximum Gasteiger partial charge on any atom is 0.303 e. The number of sulfone groups is 1. The normalized spacial score (nSPS) is 25.5. The van der Waals surface area contributed by atoms with Gasteiger partial charge in [-0.1, -0.05) is 17.8 Å². The Bertz CT molecular complexity index is 874. The van der Waals surface area contributed by atoms with Crippen molar-refractivity contribution in [3.63, 3.8) is 0 Å². The Morgan fingerprint density at radius 2 is 1.85 bits per heavy atom. The van der Waals surface area contributed by atoms with Crippen LogP contribution in [-0.4, -0.2) is 53.4 Å². The first kappa shape index (κ1) is 18.9. The minimum absolute atomic E-state index is 0.0278. The highest BCUT2D eigenvalue weighted by molar-refractivity contribution is 8.16. The third-order valence-electron chi connectivity index (χ3n) is 4.32. The smallest absolute Gasteiger partial charge is 0.303 e. The zero-order valence-corrected chi connectivity index (χ0v) is 16.1. The summed E-state index contributed by atoms with van der Waals surface area (Å²) < 4.78 is 24.1. The number of carboxylic acid groups (broad SMARTS) is 1. The molecule has 1 N–H and O–H groups in total. The maximum absolute atomic E-state index is 12.1. The van der Waals surface area contributed by atoms with E-state index in [4.69, 9.17) is 5.11 Å². The van der Waals surface area contributed by atoms with Crippen LogP contribution >= 0.6 is 11.8 Å². The summed E-state index contributed by atoms with van der Waals surface area (Å²) in [6, 6.07) is 5.64. The molecule has 3 rings (SSSR count). The lowest BCUT2D eigenvalue weighted by Gasteiger charge is -2.25. The lowest BCUT2D eigenvalue weighted by Crippen LogP contribution is -2.37. The van der Waals surface area contributed by atoms with Gasteiger partial charge in [0.05, 0.1) is 24.0 Å². The predicted octanol–water partition coefficient (Wildman–Crippen LogP) is 1.77. The summed E-state index contributed by atoms with van der Waals surface area (Å²) in [6.45, 7) is 3.91. The Kier molecular flexibility index (Phi) is 5.12. The van der Waals surface area contributed by atoms with E-state index in [1.165, 1.54) is 11.8 Å². The number of benzene rings is 1. The second kappa shape index (κ2) is 7.03. The van der Waals surface area contributed by atoms with Crippen LogP contribution in [0, 0.1) is 13.8 Å². The van der Waals surface area contributed by atoms with E-state index in [0.717, 1.165) is 16.8 Å². The van der Waals surface area contributed by atoms with Crippen molar-refractivity contribution >= 4 is 44.3 Å². The van der Waals surface area contributed by atoms with Crippen molar-refractivity contribution in [1.82, 2.24) is 0 Å². The van der Waals surface area contributed by atoms with Crippen LogP contribution in [-0.2, 0) is 19.4 Å². The Morgan fingerprint density at radius 1 is 1.19 bits per heavy atom. The van der Waals surface area contributed by atoms with Gasteiger partial charge in [0.1, 0.15) is 0 Å². The fourth-order valence-electron chi connectivity index (χ4n) is 3.33. The molecule has 26 heavy (non-hydrogen) atoms. The molecule has 0 radical (unpaired) electrons. The van der Waals surface area contributed by atoms with Gasteiger partial charge in [-0.25, -0.2) is 8.42 Å². The van der Waals surface area contributed by atoms with Crippen molar-refractivity contribution in [2.75, 3.05) is 16.4 Å². The fourth-order valence-corrected chi connectivity index (χ4v) is 7.26. The molecule has 2 aliphatic heterocycles. The monoisotopic (exact) mass is 396 g/mol. The molecule has 7 nitrogen and oxygen atoms in total. The number of aliphatic carboxylic acids is 1. The van der Waals surface area contributed by atoms with Crippen LogP contribution in [0.1, 0.15) is 24.0 Å². The molecule has 9 heteroatoms. The van der Waals surface area contributed by atoms with E-state index in [-0.39, 0.29) is 35.6 Å². The number of aliphatic imine (C=N–C) groups is 1. The van der Waals surface area contributed by atoms with Crippen LogP contribution in [0.2, 0.25) is 0 Å². The molecular weight excluding hydrogens is 376 g/mol. The minimum Gasteiger partial charge on any atom is -0.481 e. The molecule has 0 aliphatic carbocycles. The van der Waals surface area contributed by atoms with Crippen LogP contribution in [0.4, 0.5) is 5.69 Å². The number of aryl methyl sites for hydroxylation is 2. The highest BCUT2D eigenvalue weighted by atomic mass is 32.2. The van der Waals surface area contributed by atoms with Crippen LogP contribution in [0.25, 0.3) is 0 Å². The molecule has 0 aromatic heterocycles. The number of carboxylic acids is 1. The quantitative estimate of drug-likeness (QED) is 0.827. The van der Waals surface area contributed by atoms with E-state index in [2.05, 4.69) is 4.99 Å². The van der Waals surface area contributed by atoms with Crippen LogP contribution in [0.3, 0.4) is 0 Å². The predicted molar refractivity (Wildman–Crippen MR) is 102 cm³/mol. The van der Waals surface area contributed by atoms with E-state index in [9.17, 15) is 18.0 Å². The lowest BCUT2D eigenvalue weighted by molar-refractivity contribution is -0.138. The van der Waals surface area contributed by atoms with Gasteiger partial charge < -0.3 is 10.0 Å². The number of amides is 1. The first-order valence-electron chi connectivity index (χ1n) is 8.22. The standard InChI is InChI=1S/C17H20N2O5S2/c1-10-5-11(2)7-12(6-10)19-13-8-26(23,24)9-14(13)25-17(19)18-15(20)3-4-16(21)22/h5-7,13-14H,3-4,8-9H2,1-2H3,(H,21,22). The summed E-state index contributed by atoms with van der Waals surface area (Å²) in [7, 11) is -3.12. The van der Waals surface area contributed by atoms with E-state index in [0.29, 0.717) is 5.17 Å². The number of anilines is 1. The second-order valence-electron chi connectivity index (χ2n) is 6.70. The van der Waals surface area contributed by atoms with E-state index >= 15 is 0 Å². The van der Waals surface area contributed by atoms with E-state index in [1.54, 1.807) is 0 Å². The van der Waals surface area contributed by atoms with Crippen LogP contribution < -0.4 is 4.90 Å². The Hall–Kier alpha value is -1.87. The molecule has 2 heterocycles. The van der Waals surface area contributed by atoms with Gasteiger partial charge in [-0.05, 0) is 37.1 Å². The molecule has 2 saturated heterocycles. The van der Waals surface area contributed by atoms with Crippen molar-refractivity contribution in [3.05, 3.63) is 29.3 Å². The van der Waals surface area contributed by atoms with Gasteiger partial charge in [0, 0.05) is 17.4 Å². The van der Waals surface area contributed by atoms with Crippen molar-refractivity contribution in [3.8, 4) is 0 Å². The number of nitrogens with zero attached hydrogens (tertiary/aromatic N) is 2. The highest BCUT2D eigenvalue weighted by Crippen LogP contribution is 2.41. The molecule has 2 aliphatic rings. The number of hydrogen-bond acceptors (Lipinski definition) is 5. The highest BCUT2D eigenvalue weighted by Gasteiger charge is 2.49. The second-order valence-corrected chi connectivity index (χ2v) is 10.1. The van der Waals surface area contributed by atoms with Gasteiger partial charge in [0.25, 0.3) is 0 Å². The maximum atomic E-state index is 12.1. The Labute approximate surface area is 156 Å². The summed E-state index contributed by atoms with van der Waals surface area (Å²) in [4.78, 5) is 28.6. The number of fused-ring (bicyclic) bond motifs is 1. The minimum atomic E-state index is -3.12. The SMILES string of the molecule is Cc1cc(C)cc(N2C(=NC(=O)CCC(=O)O)SC3CS(=O)(=O)CC32)c1. The molecule has 1 amide bonds. The topological polar surface area (TPSA) is 104 Å². The van der Waals surface area contributed by atoms with Gasteiger partial charge in [-0.3, -0.25) is 9.59 Å². The number of amidine groups is 1. The van der Waals surface area contributed by atoms with E-state index < -0.39 is 21.7 Å². The molecule has 0 saturated carbocycles. The molecule has 1 aromatic rings. The summed E-state index contributed by atoms with van der Waals surface area (Å²) in [5.74, 6) is -1.47. The van der Waals surface area contributed by atoms with Crippen molar-refractivity contribution in [2.45, 2.75) is 38.0 Å². The summed E-state index contributed by atoms with van der Waals surface area (Å²) in [6.07, 6.45) is -0.446. The zero-order chi connectivity index (χ0) is 19.1. The Balaban J connectivity index is 1.96. The third-order valence-corrected chi connectivity index (χ3v) is 7.53. The van der Waals surface area contributed by atoms with Gasteiger partial charge in [-0.2, -0.15) is 4.99 Å². The average Bonchev–Trinajstić information content (AvgIpc) is 2.94. The first-order chi connectivity index (χ1) is 12.1. The largest absolute Gasteiger partial charge is 0.481 e. The summed E-state index contributed by atoms with van der Waals surface area (Å²) in [5, 5.41) is 9.00. The van der Waals surface area contributed by atoms with Gasteiger partial charge in [-0.15, -0.1) is 0 Å². The first-order valence-corrected chi connectivity index (χ1v) is 10.9. The fraction of sp³-hybridized carbons (Fsp3) is 0.471. The van der Waals surface area contributed by atoms with Gasteiger partial charge >= 0.3 is 5.97 Å². The molecule has 140 valence electrons. The van der Waals surface area contributed by atoms with Crippen LogP contribution in [0.5, 0.6) is 0 Å². The molecule has 2 unspecified atom stereocenters. The van der Waals surface area contributed by atoms with Crippen molar-refractivity contribution in [1.29, 1.82) is 0 Å². The number of hydrogen-bond donors (Lipinski definition) is 1. The van der Waals surface area contributed by atoms with Crippen molar-refractivity contribution < 1.29 is 23.1 Å². The molecular formula is C17H20N2O5S2. The molecule has 2 fully saturated rings. The lowest BCUT2D eigenvalue weighted by atomic mass is 10.1. The number of thioether (sulfide) groups is 1. The van der Waals surface area contributed by atoms with Gasteiger partial charge in [0.15, 0.2) is 15.0 Å². The van der Waals surface area contributed by atoms with E-state index in [1.807, 2.05) is 36.9 Å². The molecule has 0 bridgehead atoms. The molecule has 1 aromatic carbocycles. The third kappa shape index (κ3) is 4.09. The molecule has 0 spiro atoms. The summed E-state index contributed by atoms with van der Waals surface area (Å²) >= 11 is 1.29. The molecule has 2 atom stereocenters. The number of rotatable bonds is 4. The average molecular weight is 396 g/mol. The van der Waals surface area contributed by atoms with Crippen LogP contribution in [0.15, 0.2) is 23.2 Å².